The topological polar surface area (TPSA) is 32.3 Å². The molecule has 1 aliphatic carbocycles. The lowest BCUT2D eigenvalue weighted by Gasteiger charge is -2.29. The summed E-state index contributed by atoms with van der Waals surface area (Å²) in [5.41, 5.74) is 4.55. The zero-order valence-corrected chi connectivity index (χ0v) is 16.2. The van der Waals surface area contributed by atoms with E-state index in [1.165, 1.54) is 17.2 Å². The van der Waals surface area contributed by atoms with Crippen molar-refractivity contribution in [1.29, 1.82) is 0 Å². The summed E-state index contributed by atoms with van der Waals surface area (Å²) in [5.74, 6) is -1.47. The van der Waals surface area contributed by atoms with Crippen molar-refractivity contribution in [3.8, 4) is 0 Å². The van der Waals surface area contributed by atoms with E-state index in [1.807, 2.05) is 43.3 Å². The summed E-state index contributed by atoms with van der Waals surface area (Å²) in [6.45, 7) is 2.42. The van der Waals surface area contributed by atoms with E-state index in [1.54, 1.807) is 4.90 Å². The number of rotatable bonds is 4. The van der Waals surface area contributed by atoms with Gasteiger partial charge in [0, 0.05) is 18.7 Å². The molecule has 0 spiro atoms. The van der Waals surface area contributed by atoms with E-state index in [-0.39, 0.29) is 11.7 Å². The lowest BCUT2D eigenvalue weighted by atomic mass is 10.1. The van der Waals surface area contributed by atoms with Gasteiger partial charge in [-0.15, -0.1) is 0 Å². The quantitative estimate of drug-likeness (QED) is 0.627. The molecule has 4 rings (SSSR count). The minimum atomic E-state index is -0.788. The van der Waals surface area contributed by atoms with Crippen LogP contribution in [0.25, 0.3) is 0 Å². The Morgan fingerprint density at radius 3 is 2.38 bits per heavy atom. The number of benzene rings is 3. The molecule has 0 aliphatic heterocycles. The van der Waals surface area contributed by atoms with Crippen molar-refractivity contribution in [3.05, 3.63) is 101 Å². The summed E-state index contributed by atoms with van der Waals surface area (Å²) in [6, 6.07) is 18.9. The average Bonchev–Trinajstić information content (AvgIpc) is 3.12. The molecule has 0 saturated heterocycles. The predicted octanol–water partition coefficient (Wildman–Crippen LogP) is 5.47. The van der Waals surface area contributed by atoms with Gasteiger partial charge >= 0.3 is 6.03 Å². The Morgan fingerprint density at radius 1 is 1.00 bits per heavy atom. The van der Waals surface area contributed by atoms with Crippen LogP contribution in [0.1, 0.15) is 22.3 Å². The molecule has 3 aromatic rings. The van der Waals surface area contributed by atoms with Crippen molar-refractivity contribution < 1.29 is 13.6 Å². The third-order valence-electron chi connectivity index (χ3n) is 5.34. The Morgan fingerprint density at radius 2 is 1.72 bits per heavy atom. The maximum absolute atomic E-state index is 14.1. The number of nitrogens with one attached hydrogen (secondary N) is 1. The van der Waals surface area contributed by atoms with Gasteiger partial charge in [-0.1, -0.05) is 54.1 Å². The number of hydrogen-bond donors (Lipinski definition) is 1. The van der Waals surface area contributed by atoms with Crippen LogP contribution in [0.2, 0.25) is 0 Å². The zero-order valence-electron chi connectivity index (χ0n) is 16.2. The molecule has 148 valence electrons. The van der Waals surface area contributed by atoms with E-state index < -0.39 is 17.7 Å². The van der Waals surface area contributed by atoms with Gasteiger partial charge in [-0.05, 0) is 48.6 Å². The van der Waals surface area contributed by atoms with Crippen LogP contribution in [0.3, 0.4) is 0 Å². The number of amides is 2. The minimum Gasteiger partial charge on any atom is -0.317 e. The second-order valence-electron chi connectivity index (χ2n) is 7.50. The van der Waals surface area contributed by atoms with Gasteiger partial charge in [0.2, 0.25) is 0 Å². The average molecular weight is 392 g/mol. The summed E-state index contributed by atoms with van der Waals surface area (Å²) < 4.78 is 27.3. The Kier molecular flexibility index (Phi) is 5.30. The maximum Gasteiger partial charge on any atom is 0.322 e. The Balaban J connectivity index is 1.60. The van der Waals surface area contributed by atoms with Crippen LogP contribution < -0.4 is 5.32 Å². The van der Waals surface area contributed by atoms with E-state index in [0.29, 0.717) is 6.54 Å². The Bertz CT molecular complexity index is 1030. The van der Waals surface area contributed by atoms with Crippen molar-refractivity contribution in [2.45, 2.75) is 32.4 Å². The van der Waals surface area contributed by atoms with Crippen molar-refractivity contribution in [2.24, 2.45) is 0 Å². The van der Waals surface area contributed by atoms with Gasteiger partial charge in [0.1, 0.15) is 11.6 Å². The molecule has 29 heavy (non-hydrogen) atoms. The number of halogens is 2. The van der Waals surface area contributed by atoms with E-state index in [2.05, 4.69) is 17.4 Å². The van der Waals surface area contributed by atoms with Gasteiger partial charge in [-0.2, -0.15) is 0 Å². The molecule has 2 amide bonds. The highest BCUT2D eigenvalue weighted by atomic mass is 19.1. The van der Waals surface area contributed by atoms with Crippen LogP contribution >= 0.6 is 0 Å². The van der Waals surface area contributed by atoms with Crippen molar-refractivity contribution in [1.82, 2.24) is 4.90 Å². The monoisotopic (exact) mass is 392 g/mol. The molecule has 0 bridgehead atoms. The van der Waals surface area contributed by atoms with Gasteiger partial charge in [0.25, 0.3) is 0 Å². The molecular weight excluding hydrogens is 370 g/mol. The molecule has 0 radical (unpaired) electrons. The zero-order chi connectivity index (χ0) is 20.4. The lowest BCUT2D eigenvalue weighted by Crippen LogP contribution is -2.43. The molecule has 5 heteroatoms. The highest BCUT2D eigenvalue weighted by Crippen LogP contribution is 2.27. The predicted molar refractivity (Wildman–Crippen MR) is 110 cm³/mol. The highest BCUT2D eigenvalue weighted by molar-refractivity contribution is 5.89. The number of carbonyl (C=O) groups is 1. The van der Waals surface area contributed by atoms with Crippen LogP contribution in [0.4, 0.5) is 19.3 Å². The fraction of sp³-hybridized carbons (Fsp3) is 0.208. The summed E-state index contributed by atoms with van der Waals surface area (Å²) >= 11 is 0. The van der Waals surface area contributed by atoms with Crippen LogP contribution in [0.5, 0.6) is 0 Å². The van der Waals surface area contributed by atoms with E-state index in [0.717, 1.165) is 36.1 Å². The van der Waals surface area contributed by atoms with Gasteiger partial charge in [-0.3, -0.25) is 0 Å². The standard InChI is InChI=1S/C24H22F2N2O/c1-16-5-4-6-17(11-16)15-28(21-12-18-7-2-3-8-19(18)13-21)24(29)27-23-10-9-20(25)14-22(23)26/h2-11,14,21H,12-13,15H2,1H3,(H,27,29). The number of urea groups is 1. The molecule has 0 fully saturated rings. The second-order valence-corrected chi connectivity index (χ2v) is 7.50. The van der Waals surface area contributed by atoms with Crippen LogP contribution in [0.15, 0.2) is 66.7 Å². The molecule has 0 heterocycles. The first-order valence-electron chi connectivity index (χ1n) is 9.64. The molecule has 0 aromatic heterocycles. The smallest absolute Gasteiger partial charge is 0.317 e. The lowest BCUT2D eigenvalue weighted by molar-refractivity contribution is 0.185. The first-order valence-corrected chi connectivity index (χ1v) is 9.64. The minimum absolute atomic E-state index is 0.0267. The molecule has 3 nitrogen and oxygen atoms in total. The van der Waals surface area contributed by atoms with Crippen molar-refractivity contribution in [2.75, 3.05) is 5.32 Å². The number of hydrogen-bond acceptors (Lipinski definition) is 1. The van der Waals surface area contributed by atoms with Gasteiger partial charge in [0.05, 0.1) is 5.69 Å². The van der Waals surface area contributed by atoms with Crippen LogP contribution in [0, 0.1) is 18.6 Å². The second kappa shape index (κ2) is 8.03. The largest absolute Gasteiger partial charge is 0.322 e. The number of fused-ring (bicyclic) bond motifs is 1. The van der Waals surface area contributed by atoms with Crippen LogP contribution in [-0.2, 0) is 19.4 Å². The number of anilines is 1. The summed E-state index contributed by atoms with van der Waals surface area (Å²) in [4.78, 5) is 14.9. The third-order valence-corrected chi connectivity index (χ3v) is 5.34. The molecule has 0 atom stereocenters. The molecular formula is C24H22F2N2O. The molecule has 1 N–H and O–H groups in total. The Labute approximate surface area is 169 Å². The molecule has 0 unspecified atom stereocenters. The van der Waals surface area contributed by atoms with E-state index in [9.17, 15) is 13.6 Å². The number of nitrogens with zero attached hydrogens (tertiary/aromatic N) is 1. The first-order chi connectivity index (χ1) is 14.0. The normalized spacial score (nSPS) is 13.2. The number of aryl methyl sites for hydroxylation is 1. The fourth-order valence-corrected chi connectivity index (χ4v) is 3.91. The third kappa shape index (κ3) is 4.29. The van der Waals surface area contributed by atoms with Crippen molar-refractivity contribution >= 4 is 11.7 Å². The van der Waals surface area contributed by atoms with E-state index in [4.69, 9.17) is 0 Å². The van der Waals surface area contributed by atoms with Gasteiger partial charge in [0.15, 0.2) is 0 Å². The SMILES string of the molecule is Cc1cccc(CN(C(=O)Nc2ccc(F)cc2F)C2Cc3ccccc3C2)c1. The summed E-state index contributed by atoms with van der Waals surface area (Å²) in [7, 11) is 0. The fourth-order valence-electron chi connectivity index (χ4n) is 3.91. The molecule has 1 aliphatic rings. The number of carbonyl (C=O) groups excluding carboxylic acids is 1. The first kappa shape index (κ1) is 19.1. The maximum atomic E-state index is 14.1. The van der Waals surface area contributed by atoms with E-state index >= 15 is 0 Å². The van der Waals surface area contributed by atoms with Gasteiger partial charge < -0.3 is 10.2 Å². The van der Waals surface area contributed by atoms with Crippen LogP contribution in [-0.4, -0.2) is 17.0 Å². The molecule has 3 aromatic carbocycles. The summed E-state index contributed by atoms with van der Waals surface area (Å²) in [6.07, 6.45) is 1.50. The molecule has 0 saturated carbocycles. The highest BCUT2D eigenvalue weighted by Gasteiger charge is 2.30. The van der Waals surface area contributed by atoms with Crippen molar-refractivity contribution in [3.63, 3.8) is 0 Å². The summed E-state index contributed by atoms with van der Waals surface area (Å²) in [5, 5.41) is 2.62. The Hall–Kier alpha value is -3.21. The van der Waals surface area contributed by atoms with Gasteiger partial charge in [-0.25, -0.2) is 13.6 Å².